The molecule has 0 aliphatic carbocycles. The summed E-state index contributed by atoms with van der Waals surface area (Å²) in [5.74, 6) is -2.30. The first-order valence-corrected chi connectivity index (χ1v) is 10.8. The molecule has 1 atom stereocenters. The van der Waals surface area contributed by atoms with E-state index in [1.54, 1.807) is 0 Å². The molecule has 2 aromatic heterocycles. The molecule has 4 N–H and O–H groups in total. The van der Waals surface area contributed by atoms with Crippen molar-refractivity contribution in [2.75, 3.05) is 23.4 Å². The normalized spacial score (nSPS) is 15.1. The molecule has 0 spiro atoms. The number of amides is 2. The molecule has 13 nitrogen and oxygen atoms in total. The second-order valence-electron chi connectivity index (χ2n) is 8.09. The summed E-state index contributed by atoms with van der Waals surface area (Å²) in [6.07, 6.45) is 0.938. The quantitative estimate of drug-likeness (QED) is 0.225. The number of aromatic hydroxyl groups is 1. The molecule has 2 amide bonds. The number of carbonyl (C=O) groups is 2. The number of hydrogen-bond donors (Lipinski definition) is 4. The fourth-order valence-corrected chi connectivity index (χ4v) is 3.94. The van der Waals surface area contributed by atoms with Crippen LogP contribution in [0.5, 0.6) is 5.75 Å². The van der Waals surface area contributed by atoms with Crippen LogP contribution in [0.1, 0.15) is 10.4 Å². The van der Waals surface area contributed by atoms with Gasteiger partial charge in [-0.2, -0.15) is 5.10 Å². The minimum Gasteiger partial charge on any atom is -0.504 e. The molecule has 0 saturated carbocycles. The Bertz CT molecular complexity index is 1570. The van der Waals surface area contributed by atoms with Gasteiger partial charge in [-0.05, 0) is 35.9 Å². The van der Waals surface area contributed by atoms with Gasteiger partial charge in [-0.3, -0.25) is 24.9 Å². The van der Waals surface area contributed by atoms with Gasteiger partial charge in [0, 0.05) is 16.5 Å². The molecule has 14 heteroatoms. The number of nitrogens with zero attached hydrogens (tertiary/aromatic N) is 4. The van der Waals surface area contributed by atoms with E-state index in [9.17, 15) is 29.9 Å². The van der Waals surface area contributed by atoms with Crippen LogP contribution in [-0.2, 0) is 4.74 Å². The molecular formula is C23H17FN6O7. The number of aromatic amines is 1. The topological polar surface area (TPSA) is 184 Å². The summed E-state index contributed by atoms with van der Waals surface area (Å²) in [5, 5.41) is 39.7. The lowest BCUT2D eigenvalue weighted by Gasteiger charge is -2.15. The number of benzene rings is 2. The van der Waals surface area contributed by atoms with Gasteiger partial charge in [-0.25, -0.2) is 14.2 Å². The standard InChI is InChI=1S/C23H17FN6O7/c24-18-5-12(29-9-14(10-31)37-23(29)34)1-2-15(18)16-3-11(4-19-17(16)8-26-28-19)22(33)27-21-20(32)6-13(7-25-21)30(35)36/h1-8,14,31-32H,9-10H2,(H,26,28)(H,25,27,33)/t14-/m1/s1. The van der Waals surface area contributed by atoms with Crippen molar-refractivity contribution in [1.82, 2.24) is 15.2 Å². The molecule has 1 aliphatic heterocycles. The van der Waals surface area contributed by atoms with Crippen LogP contribution in [-0.4, -0.2) is 61.6 Å². The molecule has 3 heterocycles. The third kappa shape index (κ3) is 4.36. The van der Waals surface area contributed by atoms with Crippen LogP contribution in [0.4, 0.5) is 26.4 Å². The number of aliphatic hydroxyl groups is 1. The van der Waals surface area contributed by atoms with Crippen LogP contribution in [0.15, 0.2) is 48.8 Å². The first-order chi connectivity index (χ1) is 17.7. The highest BCUT2D eigenvalue weighted by Gasteiger charge is 2.32. The van der Waals surface area contributed by atoms with Gasteiger partial charge in [0.05, 0.1) is 41.5 Å². The van der Waals surface area contributed by atoms with Crippen LogP contribution >= 0.6 is 0 Å². The smallest absolute Gasteiger partial charge is 0.414 e. The summed E-state index contributed by atoms with van der Waals surface area (Å²) < 4.78 is 20.3. The van der Waals surface area contributed by atoms with E-state index < -0.39 is 40.3 Å². The minimum atomic E-state index is -0.742. The minimum absolute atomic E-state index is 0.0590. The number of aliphatic hydroxyl groups excluding tert-OH is 1. The molecule has 1 saturated heterocycles. The van der Waals surface area contributed by atoms with Gasteiger partial charge in [0.2, 0.25) is 0 Å². The van der Waals surface area contributed by atoms with Crippen molar-refractivity contribution in [1.29, 1.82) is 0 Å². The van der Waals surface area contributed by atoms with Crippen molar-refractivity contribution in [2.24, 2.45) is 0 Å². The molecule has 2 aromatic carbocycles. The monoisotopic (exact) mass is 508 g/mol. The molecule has 0 radical (unpaired) electrons. The summed E-state index contributed by atoms with van der Waals surface area (Å²) in [6, 6.07) is 7.83. The van der Waals surface area contributed by atoms with Gasteiger partial charge in [-0.1, -0.05) is 0 Å². The number of hydrogen-bond acceptors (Lipinski definition) is 9. The molecule has 0 unspecified atom stereocenters. The lowest BCUT2D eigenvalue weighted by Crippen LogP contribution is -2.25. The Balaban J connectivity index is 1.48. The Morgan fingerprint density at radius 2 is 2.08 bits per heavy atom. The molecule has 1 aliphatic rings. The SMILES string of the molecule is O=C(Nc1ncc([N+](=O)[O-])cc1O)c1cc(-c2ccc(N3C[C@H](CO)OC3=O)cc2F)c2cn[nH]c2c1. The Morgan fingerprint density at radius 1 is 1.27 bits per heavy atom. The van der Waals surface area contributed by atoms with E-state index in [0.29, 0.717) is 16.5 Å². The largest absolute Gasteiger partial charge is 0.504 e. The summed E-state index contributed by atoms with van der Waals surface area (Å²) in [5.41, 5.74) is 0.694. The molecule has 4 aromatic rings. The molecule has 0 bridgehead atoms. The zero-order chi connectivity index (χ0) is 26.3. The van der Waals surface area contributed by atoms with Crippen LogP contribution in [0.3, 0.4) is 0 Å². The second-order valence-corrected chi connectivity index (χ2v) is 8.09. The summed E-state index contributed by atoms with van der Waals surface area (Å²) in [7, 11) is 0. The van der Waals surface area contributed by atoms with Gasteiger partial charge in [0.1, 0.15) is 18.1 Å². The first kappa shape index (κ1) is 23.6. The van der Waals surface area contributed by atoms with Gasteiger partial charge in [-0.15, -0.1) is 0 Å². The van der Waals surface area contributed by atoms with Crippen molar-refractivity contribution in [2.45, 2.75) is 6.10 Å². The predicted octanol–water partition coefficient (Wildman–Crippen LogP) is 2.95. The maximum atomic E-state index is 15.3. The van der Waals surface area contributed by atoms with Gasteiger partial charge < -0.3 is 20.3 Å². The van der Waals surface area contributed by atoms with Crippen molar-refractivity contribution in [3.05, 3.63) is 70.3 Å². The molecular weight excluding hydrogens is 491 g/mol. The Hall–Kier alpha value is -5.11. The lowest BCUT2D eigenvalue weighted by atomic mass is 9.98. The number of pyridine rings is 1. The Kier molecular flexibility index (Phi) is 5.85. The molecule has 1 fully saturated rings. The lowest BCUT2D eigenvalue weighted by molar-refractivity contribution is -0.385. The summed E-state index contributed by atoms with van der Waals surface area (Å²) in [6.45, 7) is -0.289. The molecule has 37 heavy (non-hydrogen) atoms. The number of nitro groups is 1. The third-order valence-corrected chi connectivity index (χ3v) is 5.75. The van der Waals surface area contributed by atoms with Gasteiger partial charge >= 0.3 is 6.09 Å². The number of fused-ring (bicyclic) bond motifs is 1. The fraction of sp³-hybridized carbons (Fsp3) is 0.130. The maximum Gasteiger partial charge on any atom is 0.414 e. The number of H-pyrrole nitrogens is 1. The Morgan fingerprint density at radius 3 is 2.76 bits per heavy atom. The highest BCUT2D eigenvalue weighted by molar-refractivity contribution is 6.09. The third-order valence-electron chi connectivity index (χ3n) is 5.75. The van der Waals surface area contributed by atoms with Crippen molar-refractivity contribution in [3.8, 4) is 16.9 Å². The van der Waals surface area contributed by atoms with Gasteiger partial charge in [0.15, 0.2) is 11.6 Å². The predicted molar refractivity (Wildman–Crippen MR) is 127 cm³/mol. The van der Waals surface area contributed by atoms with E-state index in [1.807, 2.05) is 0 Å². The zero-order valence-electron chi connectivity index (χ0n) is 18.7. The first-order valence-electron chi connectivity index (χ1n) is 10.8. The number of aromatic nitrogens is 3. The van der Waals surface area contributed by atoms with E-state index in [0.717, 1.165) is 18.3 Å². The van der Waals surface area contributed by atoms with E-state index in [4.69, 9.17) is 4.74 Å². The van der Waals surface area contributed by atoms with E-state index >= 15 is 4.39 Å². The maximum absolute atomic E-state index is 15.3. The van der Waals surface area contributed by atoms with Crippen LogP contribution in [0.25, 0.3) is 22.0 Å². The van der Waals surface area contributed by atoms with Crippen LogP contribution in [0.2, 0.25) is 0 Å². The van der Waals surface area contributed by atoms with E-state index in [1.165, 1.54) is 35.4 Å². The van der Waals surface area contributed by atoms with Crippen LogP contribution < -0.4 is 10.2 Å². The molecule has 188 valence electrons. The number of rotatable bonds is 6. The number of carbonyl (C=O) groups excluding carboxylic acids is 2. The number of nitrogens with one attached hydrogen (secondary N) is 2. The van der Waals surface area contributed by atoms with Crippen molar-refractivity contribution >= 4 is 40.1 Å². The Labute approximate surface area is 206 Å². The van der Waals surface area contributed by atoms with E-state index in [2.05, 4.69) is 20.5 Å². The average molecular weight is 508 g/mol. The van der Waals surface area contributed by atoms with Crippen molar-refractivity contribution < 1.29 is 33.9 Å². The number of ether oxygens (including phenoxy) is 1. The highest BCUT2D eigenvalue weighted by Crippen LogP contribution is 2.34. The summed E-state index contributed by atoms with van der Waals surface area (Å²) in [4.78, 5) is 40.0. The highest BCUT2D eigenvalue weighted by atomic mass is 19.1. The fourth-order valence-electron chi connectivity index (χ4n) is 3.94. The van der Waals surface area contributed by atoms with Gasteiger partial charge in [0.25, 0.3) is 11.6 Å². The zero-order valence-corrected chi connectivity index (χ0v) is 18.7. The molecule has 5 rings (SSSR count). The summed E-state index contributed by atoms with van der Waals surface area (Å²) >= 11 is 0. The number of halogens is 1. The van der Waals surface area contributed by atoms with E-state index in [-0.39, 0.29) is 35.8 Å². The second kappa shape index (κ2) is 9.16. The van der Waals surface area contributed by atoms with Crippen LogP contribution in [0, 0.1) is 15.9 Å². The van der Waals surface area contributed by atoms with Crippen molar-refractivity contribution in [3.63, 3.8) is 0 Å². The number of cyclic esters (lactones) is 1. The number of anilines is 2. The average Bonchev–Trinajstić information content (AvgIpc) is 3.50.